The van der Waals surface area contributed by atoms with E-state index in [1.807, 2.05) is 0 Å². The molecule has 0 atom stereocenters. The van der Waals surface area contributed by atoms with Crippen LogP contribution in [0.15, 0.2) is 12.1 Å². The molecule has 3 rings (SSSR count). The number of aryl methyl sites for hydroxylation is 1. The van der Waals surface area contributed by atoms with Gasteiger partial charge in [-0.3, -0.25) is 9.59 Å². The highest BCUT2D eigenvalue weighted by atomic mass is 19.1. The minimum atomic E-state index is -0.571. The second-order valence-electron chi connectivity index (χ2n) is 5.87. The van der Waals surface area contributed by atoms with Gasteiger partial charge in [0, 0.05) is 6.54 Å². The van der Waals surface area contributed by atoms with E-state index in [2.05, 4.69) is 0 Å². The van der Waals surface area contributed by atoms with E-state index in [9.17, 15) is 14.0 Å². The lowest BCUT2D eigenvalue weighted by molar-refractivity contribution is -0.114. The lowest BCUT2D eigenvalue weighted by Crippen LogP contribution is -2.35. The average molecular weight is 275 g/mol. The molecule has 2 aliphatic rings. The van der Waals surface area contributed by atoms with E-state index in [1.165, 1.54) is 31.4 Å². The molecule has 0 N–H and O–H groups in total. The monoisotopic (exact) mass is 275 g/mol. The quantitative estimate of drug-likeness (QED) is 0.777. The SMILES string of the molecule is Cc1cc(F)cc2c1N(CC1CCCCC1)C(=O)C2=O. The van der Waals surface area contributed by atoms with Gasteiger partial charge in [-0.25, -0.2) is 4.39 Å². The van der Waals surface area contributed by atoms with Gasteiger partial charge in [0.05, 0.1) is 11.3 Å². The number of rotatable bonds is 2. The number of hydrogen-bond acceptors (Lipinski definition) is 2. The van der Waals surface area contributed by atoms with Crippen LogP contribution >= 0.6 is 0 Å². The Morgan fingerprint density at radius 2 is 1.90 bits per heavy atom. The van der Waals surface area contributed by atoms with E-state index < -0.39 is 17.5 Å². The molecule has 1 aliphatic heterocycles. The van der Waals surface area contributed by atoms with Gasteiger partial charge >= 0.3 is 0 Å². The van der Waals surface area contributed by atoms with Crippen LogP contribution in [-0.4, -0.2) is 18.2 Å². The van der Waals surface area contributed by atoms with E-state index in [-0.39, 0.29) is 5.56 Å². The fraction of sp³-hybridized carbons (Fsp3) is 0.500. The van der Waals surface area contributed by atoms with Crippen LogP contribution < -0.4 is 4.90 Å². The fourth-order valence-corrected chi connectivity index (χ4v) is 3.41. The van der Waals surface area contributed by atoms with E-state index in [0.717, 1.165) is 12.8 Å². The van der Waals surface area contributed by atoms with Crippen molar-refractivity contribution >= 4 is 17.4 Å². The van der Waals surface area contributed by atoms with Crippen LogP contribution in [0.2, 0.25) is 0 Å². The Kier molecular flexibility index (Phi) is 3.32. The summed E-state index contributed by atoms with van der Waals surface area (Å²) in [6, 6.07) is 2.57. The Morgan fingerprint density at radius 3 is 2.60 bits per heavy atom. The molecule has 0 unspecified atom stereocenters. The molecule has 1 amide bonds. The van der Waals surface area contributed by atoms with Gasteiger partial charge in [0.15, 0.2) is 0 Å². The summed E-state index contributed by atoms with van der Waals surface area (Å²) in [7, 11) is 0. The minimum absolute atomic E-state index is 0.225. The first-order valence-electron chi connectivity index (χ1n) is 7.24. The molecule has 1 aliphatic carbocycles. The number of carbonyl (C=O) groups is 2. The van der Waals surface area contributed by atoms with Gasteiger partial charge in [-0.15, -0.1) is 0 Å². The van der Waals surface area contributed by atoms with Crippen molar-refractivity contribution in [3.05, 3.63) is 29.1 Å². The van der Waals surface area contributed by atoms with Crippen LogP contribution in [0.1, 0.15) is 48.0 Å². The topological polar surface area (TPSA) is 37.4 Å². The van der Waals surface area contributed by atoms with Crippen molar-refractivity contribution in [2.45, 2.75) is 39.0 Å². The maximum Gasteiger partial charge on any atom is 0.299 e. The van der Waals surface area contributed by atoms with E-state index in [1.54, 1.807) is 11.8 Å². The van der Waals surface area contributed by atoms with E-state index in [4.69, 9.17) is 0 Å². The average Bonchev–Trinajstić information content (AvgIpc) is 2.65. The molecular formula is C16H18FNO2. The van der Waals surface area contributed by atoms with E-state index >= 15 is 0 Å². The first-order chi connectivity index (χ1) is 9.58. The van der Waals surface area contributed by atoms with Gasteiger partial charge in [0.2, 0.25) is 0 Å². The maximum absolute atomic E-state index is 13.4. The highest BCUT2D eigenvalue weighted by molar-refractivity contribution is 6.52. The number of halogens is 1. The Hall–Kier alpha value is -1.71. The Balaban J connectivity index is 1.93. The molecule has 0 saturated heterocycles. The van der Waals surface area contributed by atoms with Crippen molar-refractivity contribution in [2.75, 3.05) is 11.4 Å². The van der Waals surface area contributed by atoms with Crippen molar-refractivity contribution in [1.29, 1.82) is 0 Å². The molecule has 1 aromatic carbocycles. The number of Topliss-reactive ketones (excluding diaryl/α,β-unsaturated/α-hetero) is 1. The lowest BCUT2D eigenvalue weighted by Gasteiger charge is -2.27. The predicted octanol–water partition coefficient (Wildman–Crippen LogP) is 3.24. The van der Waals surface area contributed by atoms with Gasteiger partial charge in [-0.05, 0) is 43.4 Å². The largest absolute Gasteiger partial charge is 0.304 e. The van der Waals surface area contributed by atoms with Gasteiger partial charge in [-0.1, -0.05) is 19.3 Å². The van der Waals surface area contributed by atoms with Crippen LogP contribution in [0.25, 0.3) is 0 Å². The Labute approximate surface area is 117 Å². The molecule has 1 aromatic rings. The molecule has 20 heavy (non-hydrogen) atoms. The predicted molar refractivity (Wildman–Crippen MR) is 74.4 cm³/mol. The number of benzene rings is 1. The molecule has 0 spiro atoms. The number of fused-ring (bicyclic) bond motifs is 1. The minimum Gasteiger partial charge on any atom is -0.304 e. The van der Waals surface area contributed by atoms with Crippen LogP contribution in [0.4, 0.5) is 10.1 Å². The summed E-state index contributed by atoms with van der Waals surface area (Å²) in [5.74, 6) is -1.07. The third-order valence-corrected chi connectivity index (χ3v) is 4.38. The zero-order chi connectivity index (χ0) is 14.3. The molecule has 4 heteroatoms. The summed E-state index contributed by atoms with van der Waals surface area (Å²) in [5.41, 5.74) is 1.50. The molecule has 0 bridgehead atoms. The fourth-order valence-electron chi connectivity index (χ4n) is 3.41. The van der Waals surface area contributed by atoms with Crippen LogP contribution in [-0.2, 0) is 4.79 Å². The van der Waals surface area contributed by atoms with E-state index in [0.29, 0.717) is 23.7 Å². The van der Waals surface area contributed by atoms with Crippen molar-refractivity contribution in [1.82, 2.24) is 0 Å². The maximum atomic E-state index is 13.4. The summed E-state index contributed by atoms with van der Waals surface area (Å²) >= 11 is 0. The second-order valence-corrected chi connectivity index (χ2v) is 5.87. The number of anilines is 1. The number of ketones is 1. The van der Waals surface area contributed by atoms with Crippen LogP contribution in [0.5, 0.6) is 0 Å². The van der Waals surface area contributed by atoms with Gasteiger partial charge in [0.25, 0.3) is 11.7 Å². The molecule has 3 nitrogen and oxygen atoms in total. The smallest absolute Gasteiger partial charge is 0.299 e. The van der Waals surface area contributed by atoms with Gasteiger partial charge in [0.1, 0.15) is 5.82 Å². The third kappa shape index (κ3) is 2.13. The third-order valence-electron chi connectivity index (χ3n) is 4.38. The van der Waals surface area contributed by atoms with Crippen LogP contribution in [0, 0.1) is 18.7 Å². The standard InChI is InChI=1S/C16H18FNO2/c1-10-7-12(17)8-13-14(10)18(16(20)15(13)19)9-11-5-3-2-4-6-11/h7-8,11H,2-6,9H2,1H3. The zero-order valence-corrected chi connectivity index (χ0v) is 11.6. The van der Waals surface area contributed by atoms with Gasteiger partial charge < -0.3 is 4.90 Å². The Morgan fingerprint density at radius 1 is 1.20 bits per heavy atom. The molecule has 0 radical (unpaired) electrons. The van der Waals surface area contributed by atoms with Crippen molar-refractivity contribution in [2.24, 2.45) is 5.92 Å². The number of nitrogens with zero attached hydrogens (tertiary/aromatic N) is 1. The highest BCUT2D eigenvalue weighted by Crippen LogP contribution is 2.35. The summed E-state index contributed by atoms with van der Waals surface area (Å²) in [5, 5.41) is 0. The summed E-state index contributed by atoms with van der Waals surface area (Å²) in [4.78, 5) is 25.7. The Bertz CT molecular complexity index is 576. The molecule has 1 fully saturated rings. The van der Waals surface area contributed by atoms with Crippen molar-refractivity contribution < 1.29 is 14.0 Å². The summed E-state index contributed by atoms with van der Waals surface area (Å²) in [6.07, 6.45) is 5.84. The van der Waals surface area contributed by atoms with Crippen molar-refractivity contribution in [3.63, 3.8) is 0 Å². The number of amides is 1. The van der Waals surface area contributed by atoms with Crippen molar-refractivity contribution in [3.8, 4) is 0 Å². The molecular weight excluding hydrogens is 257 g/mol. The first kappa shape index (κ1) is 13.3. The highest BCUT2D eigenvalue weighted by Gasteiger charge is 2.38. The van der Waals surface area contributed by atoms with Crippen LogP contribution in [0.3, 0.4) is 0 Å². The first-order valence-corrected chi connectivity index (χ1v) is 7.24. The summed E-state index contributed by atoms with van der Waals surface area (Å²) in [6.45, 7) is 2.34. The number of carbonyl (C=O) groups excluding carboxylic acids is 2. The second kappa shape index (κ2) is 5.00. The molecule has 1 heterocycles. The molecule has 0 aromatic heterocycles. The normalized spacial score (nSPS) is 19.6. The van der Waals surface area contributed by atoms with Gasteiger partial charge in [-0.2, -0.15) is 0 Å². The molecule has 106 valence electrons. The zero-order valence-electron chi connectivity index (χ0n) is 11.6. The summed E-state index contributed by atoms with van der Waals surface area (Å²) < 4.78 is 13.4. The lowest BCUT2D eigenvalue weighted by atomic mass is 9.89. The molecule has 1 saturated carbocycles. The number of hydrogen-bond donors (Lipinski definition) is 0.